The van der Waals surface area contributed by atoms with Crippen molar-refractivity contribution < 1.29 is 0 Å². The SMILES string of the molecule is CC1(C)c2ccccc2-c2ccc(N(c3ccc(-c4cccc5c4ccc4c(-c6ccccc6)c(-c6ccccc6)n(-c6ccccc6)c45)cc3)c3ccc(-c4cccc5c4ccc4c(-c6ccccc6)c(-c6ccccc6)n(-c6ccccc6)c45)cc3)cc21. The van der Waals surface area contributed by atoms with Crippen LogP contribution in [-0.4, -0.2) is 9.13 Å². The number of aromatic nitrogens is 2. The average molecular weight is 1150 g/mol. The Kier molecular flexibility index (Phi) is 12.6. The molecule has 1 aliphatic rings. The fourth-order valence-corrected chi connectivity index (χ4v) is 14.8. The maximum Gasteiger partial charge on any atom is 0.0620 e. The van der Waals surface area contributed by atoms with Crippen LogP contribution in [0.2, 0.25) is 0 Å². The van der Waals surface area contributed by atoms with E-state index < -0.39 is 0 Å². The second-order valence-electron chi connectivity index (χ2n) is 24.3. The van der Waals surface area contributed by atoms with Gasteiger partial charge in [-0.05, 0) is 138 Å². The molecule has 3 heteroatoms. The Balaban J connectivity index is 0.810. The van der Waals surface area contributed by atoms with Crippen LogP contribution in [0, 0.1) is 0 Å². The first kappa shape index (κ1) is 52.8. The Morgan fingerprint density at radius 2 is 0.600 bits per heavy atom. The van der Waals surface area contributed by atoms with Crippen molar-refractivity contribution in [1.82, 2.24) is 9.13 Å². The van der Waals surface area contributed by atoms with Crippen LogP contribution in [-0.2, 0) is 5.41 Å². The standard InChI is InChI=1S/C87H61N3/c1-87(2)79-42-22-21-37-73(79)74-52-51-68(57-80(74)87)88(66-47-43-58(44-48-66)69-38-23-40-75-71(69)53-55-77-81(60-25-9-3-10-26-60)83(62-29-13-5-14-30-62)89(85(75)77)64-33-17-7-18-34-64)67-49-45-59(46-50-67)70-39-24-41-76-72(70)54-56-78-82(61-27-11-4-12-28-61)84(63-31-15-6-16-32-63)90(86(76)78)65-35-19-8-20-36-65/h3-57H,1-2H3. The van der Waals surface area contributed by atoms with Crippen molar-refractivity contribution in [3.05, 3.63) is 345 Å². The number of rotatable bonds is 11. The molecule has 0 fully saturated rings. The molecular formula is C87H61N3. The molecule has 424 valence electrons. The van der Waals surface area contributed by atoms with Gasteiger partial charge in [-0.15, -0.1) is 0 Å². The van der Waals surface area contributed by atoms with E-state index in [0.29, 0.717) is 0 Å². The third-order valence-corrected chi connectivity index (χ3v) is 18.9. The first-order valence-corrected chi connectivity index (χ1v) is 31.2. The van der Waals surface area contributed by atoms with E-state index in [1.165, 1.54) is 122 Å². The minimum atomic E-state index is -0.172. The Morgan fingerprint density at radius 1 is 0.244 bits per heavy atom. The molecule has 2 aromatic heterocycles. The molecule has 3 nitrogen and oxygen atoms in total. The predicted octanol–water partition coefficient (Wildman–Crippen LogP) is 23.7. The summed E-state index contributed by atoms with van der Waals surface area (Å²) in [5.41, 5.74) is 27.3. The number of benzene rings is 14. The van der Waals surface area contributed by atoms with Crippen molar-refractivity contribution in [1.29, 1.82) is 0 Å². The summed E-state index contributed by atoms with van der Waals surface area (Å²) in [6, 6.07) is 123. The van der Waals surface area contributed by atoms with E-state index in [2.05, 4.69) is 362 Å². The monoisotopic (exact) mass is 1150 g/mol. The van der Waals surface area contributed by atoms with Crippen molar-refractivity contribution in [3.8, 4) is 89.5 Å². The van der Waals surface area contributed by atoms with Crippen LogP contribution in [0.4, 0.5) is 17.1 Å². The van der Waals surface area contributed by atoms with Crippen molar-refractivity contribution in [2.75, 3.05) is 4.90 Å². The molecule has 16 aromatic rings. The molecule has 0 N–H and O–H groups in total. The van der Waals surface area contributed by atoms with E-state index in [9.17, 15) is 0 Å². The summed E-state index contributed by atoms with van der Waals surface area (Å²) in [4.78, 5) is 2.44. The smallest absolute Gasteiger partial charge is 0.0620 e. The predicted molar refractivity (Wildman–Crippen MR) is 380 cm³/mol. The van der Waals surface area contributed by atoms with Crippen LogP contribution in [0.15, 0.2) is 334 Å². The third-order valence-electron chi connectivity index (χ3n) is 18.9. The van der Waals surface area contributed by atoms with Gasteiger partial charge in [0.25, 0.3) is 0 Å². The maximum atomic E-state index is 2.49. The summed E-state index contributed by atoms with van der Waals surface area (Å²) in [7, 11) is 0. The molecule has 0 amide bonds. The van der Waals surface area contributed by atoms with Crippen LogP contribution < -0.4 is 4.90 Å². The quantitative estimate of drug-likeness (QED) is 0.126. The van der Waals surface area contributed by atoms with Gasteiger partial charge in [0.05, 0.1) is 22.4 Å². The molecule has 0 atom stereocenters. The molecule has 0 unspecified atom stereocenters. The number of nitrogens with zero attached hydrogens (tertiary/aromatic N) is 3. The maximum absolute atomic E-state index is 2.49. The second kappa shape index (κ2) is 21.4. The lowest BCUT2D eigenvalue weighted by Gasteiger charge is -2.28. The van der Waals surface area contributed by atoms with Gasteiger partial charge >= 0.3 is 0 Å². The number of anilines is 3. The Morgan fingerprint density at radius 3 is 1.04 bits per heavy atom. The number of hydrogen-bond acceptors (Lipinski definition) is 1. The van der Waals surface area contributed by atoms with E-state index in [-0.39, 0.29) is 5.41 Å². The molecule has 0 bridgehead atoms. The minimum Gasteiger partial charge on any atom is -0.310 e. The van der Waals surface area contributed by atoms with E-state index in [0.717, 1.165) is 39.6 Å². The Hall–Kier alpha value is -11.5. The normalized spacial score (nSPS) is 12.4. The van der Waals surface area contributed by atoms with Gasteiger partial charge in [-0.25, -0.2) is 0 Å². The van der Waals surface area contributed by atoms with Crippen LogP contribution >= 0.6 is 0 Å². The first-order valence-electron chi connectivity index (χ1n) is 31.2. The van der Waals surface area contributed by atoms with E-state index in [1.807, 2.05) is 0 Å². The van der Waals surface area contributed by atoms with Crippen molar-refractivity contribution in [2.24, 2.45) is 0 Å². The summed E-state index contributed by atoms with van der Waals surface area (Å²) >= 11 is 0. The summed E-state index contributed by atoms with van der Waals surface area (Å²) < 4.78 is 4.99. The number of fused-ring (bicyclic) bond motifs is 9. The highest BCUT2D eigenvalue weighted by molar-refractivity contribution is 6.20. The lowest BCUT2D eigenvalue weighted by atomic mass is 9.82. The summed E-state index contributed by atoms with van der Waals surface area (Å²) in [6.07, 6.45) is 0. The molecule has 14 aromatic carbocycles. The highest BCUT2D eigenvalue weighted by Gasteiger charge is 2.36. The van der Waals surface area contributed by atoms with E-state index in [1.54, 1.807) is 0 Å². The highest BCUT2D eigenvalue weighted by atomic mass is 15.1. The zero-order valence-corrected chi connectivity index (χ0v) is 50.1. The summed E-state index contributed by atoms with van der Waals surface area (Å²) in [5, 5.41) is 7.25. The van der Waals surface area contributed by atoms with Gasteiger partial charge in [0.15, 0.2) is 0 Å². The molecule has 17 rings (SSSR count). The first-order chi connectivity index (χ1) is 44.5. The van der Waals surface area contributed by atoms with Crippen molar-refractivity contribution in [2.45, 2.75) is 19.3 Å². The lowest BCUT2D eigenvalue weighted by Crippen LogP contribution is -2.16. The van der Waals surface area contributed by atoms with Crippen LogP contribution in [0.5, 0.6) is 0 Å². The topological polar surface area (TPSA) is 13.1 Å². The largest absolute Gasteiger partial charge is 0.310 e. The van der Waals surface area contributed by atoms with Crippen LogP contribution in [0.3, 0.4) is 0 Å². The Bertz CT molecular complexity index is 5090. The van der Waals surface area contributed by atoms with Gasteiger partial charge in [0.2, 0.25) is 0 Å². The molecule has 90 heavy (non-hydrogen) atoms. The van der Waals surface area contributed by atoms with Crippen molar-refractivity contribution in [3.63, 3.8) is 0 Å². The van der Waals surface area contributed by atoms with Gasteiger partial charge in [0, 0.05) is 66.5 Å². The fraction of sp³-hybridized carbons (Fsp3) is 0.0345. The van der Waals surface area contributed by atoms with Gasteiger partial charge in [-0.2, -0.15) is 0 Å². The molecule has 0 saturated carbocycles. The minimum absolute atomic E-state index is 0.172. The third kappa shape index (κ3) is 8.49. The molecule has 2 heterocycles. The van der Waals surface area contributed by atoms with E-state index in [4.69, 9.17) is 0 Å². The zero-order valence-electron chi connectivity index (χ0n) is 50.1. The van der Waals surface area contributed by atoms with E-state index >= 15 is 0 Å². The molecular weight excluding hydrogens is 1090 g/mol. The summed E-state index contributed by atoms with van der Waals surface area (Å²) in [5.74, 6) is 0. The Labute approximate surface area is 524 Å². The molecule has 0 spiro atoms. The van der Waals surface area contributed by atoms with Gasteiger partial charge in [0.1, 0.15) is 0 Å². The molecule has 0 aliphatic heterocycles. The fourth-order valence-electron chi connectivity index (χ4n) is 14.8. The lowest BCUT2D eigenvalue weighted by molar-refractivity contribution is 0.660. The van der Waals surface area contributed by atoms with Crippen LogP contribution in [0.25, 0.3) is 133 Å². The molecule has 1 aliphatic carbocycles. The number of hydrogen-bond donors (Lipinski definition) is 0. The number of para-hydroxylation sites is 2. The van der Waals surface area contributed by atoms with Gasteiger partial charge < -0.3 is 14.0 Å². The van der Waals surface area contributed by atoms with Gasteiger partial charge in [-0.3, -0.25) is 0 Å². The second-order valence-corrected chi connectivity index (χ2v) is 24.3. The summed E-state index contributed by atoms with van der Waals surface area (Å²) in [6.45, 7) is 4.74. The molecule has 0 radical (unpaired) electrons. The average Bonchev–Trinajstić information content (AvgIpc) is 1.57. The molecule has 0 saturated heterocycles. The van der Waals surface area contributed by atoms with Crippen molar-refractivity contribution >= 4 is 60.4 Å². The van der Waals surface area contributed by atoms with Crippen LogP contribution in [0.1, 0.15) is 25.0 Å². The highest BCUT2D eigenvalue weighted by Crippen LogP contribution is 2.53. The zero-order chi connectivity index (χ0) is 59.9. The van der Waals surface area contributed by atoms with Gasteiger partial charge in [-0.1, -0.05) is 287 Å².